The molecule has 1 saturated heterocycles. The van der Waals surface area contributed by atoms with E-state index in [9.17, 15) is 13.2 Å². The minimum absolute atomic E-state index is 0.111. The molecule has 0 saturated carbocycles. The minimum Gasteiger partial charge on any atom is -0.444 e. The molecule has 4 rings (SSSR count). The highest BCUT2D eigenvalue weighted by Crippen LogP contribution is 2.27. The standard InChI is InChI=1S/C26H34ClN5O4S/c1-26(2,3)36-25(33)31-16-20(17-31)30-22-8-9-28-15-23(22)29-14-21-13-18-12-19(27)6-7-24(18)32(21)10-5-11-37(4,34)35/h6-9,12-13,15,20,29H,5,10-11,14,16-17H2,1-4H3,(H,28,30). The van der Waals surface area contributed by atoms with Crippen LogP contribution in [-0.4, -0.2) is 65.7 Å². The molecule has 0 bridgehead atoms. The van der Waals surface area contributed by atoms with Crippen molar-refractivity contribution in [1.82, 2.24) is 14.5 Å². The number of anilines is 2. The summed E-state index contributed by atoms with van der Waals surface area (Å²) in [6.45, 7) is 7.79. The van der Waals surface area contributed by atoms with Gasteiger partial charge in [0.25, 0.3) is 0 Å². The molecule has 200 valence electrons. The van der Waals surface area contributed by atoms with Gasteiger partial charge in [-0.05, 0) is 57.5 Å². The van der Waals surface area contributed by atoms with Crippen LogP contribution < -0.4 is 10.6 Å². The Bertz CT molecular complexity index is 1380. The van der Waals surface area contributed by atoms with Crippen LogP contribution in [0.2, 0.25) is 5.02 Å². The summed E-state index contributed by atoms with van der Waals surface area (Å²) in [4.78, 5) is 18.2. The molecule has 1 aliphatic heterocycles. The number of carbonyl (C=O) groups is 1. The van der Waals surface area contributed by atoms with Gasteiger partial charge in [-0.1, -0.05) is 11.6 Å². The van der Waals surface area contributed by atoms with E-state index in [2.05, 4.69) is 26.3 Å². The Balaban J connectivity index is 1.43. The van der Waals surface area contributed by atoms with Gasteiger partial charge in [-0.25, -0.2) is 13.2 Å². The molecule has 0 radical (unpaired) electrons. The van der Waals surface area contributed by atoms with Crippen LogP contribution in [0.4, 0.5) is 16.2 Å². The zero-order chi connectivity index (χ0) is 26.8. The molecule has 1 fully saturated rings. The number of amides is 1. The molecule has 2 N–H and O–H groups in total. The smallest absolute Gasteiger partial charge is 0.410 e. The third kappa shape index (κ3) is 7.29. The number of sulfone groups is 1. The molecular formula is C26H34ClN5O4S. The predicted octanol–water partition coefficient (Wildman–Crippen LogP) is 4.77. The second kappa shape index (κ2) is 10.8. The average Bonchev–Trinajstić information content (AvgIpc) is 3.09. The van der Waals surface area contributed by atoms with Crippen molar-refractivity contribution in [3.8, 4) is 0 Å². The second-order valence-electron chi connectivity index (χ2n) is 10.5. The van der Waals surface area contributed by atoms with Crippen LogP contribution in [0.3, 0.4) is 0 Å². The number of ether oxygens (including phenoxy) is 1. The van der Waals surface area contributed by atoms with Crippen molar-refractivity contribution in [2.24, 2.45) is 0 Å². The first-order chi connectivity index (χ1) is 17.4. The van der Waals surface area contributed by atoms with Crippen molar-refractivity contribution in [1.29, 1.82) is 0 Å². The largest absolute Gasteiger partial charge is 0.444 e. The number of benzene rings is 1. The summed E-state index contributed by atoms with van der Waals surface area (Å²) in [5.74, 6) is 0.130. The lowest BCUT2D eigenvalue weighted by Gasteiger charge is -2.40. The number of hydrogen-bond donors (Lipinski definition) is 2. The van der Waals surface area contributed by atoms with Gasteiger partial charge in [-0.2, -0.15) is 0 Å². The van der Waals surface area contributed by atoms with Gasteiger partial charge in [0.2, 0.25) is 0 Å². The summed E-state index contributed by atoms with van der Waals surface area (Å²) in [7, 11) is -3.04. The molecule has 11 heteroatoms. The fourth-order valence-corrected chi connectivity index (χ4v) is 5.14. The van der Waals surface area contributed by atoms with Gasteiger partial charge in [0.1, 0.15) is 15.4 Å². The maximum absolute atomic E-state index is 12.2. The third-order valence-electron chi connectivity index (χ3n) is 6.02. The van der Waals surface area contributed by atoms with E-state index in [-0.39, 0.29) is 17.9 Å². The molecule has 9 nitrogen and oxygen atoms in total. The van der Waals surface area contributed by atoms with E-state index in [1.165, 1.54) is 6.26 Å². The molecule has 1 aliphatic rings. The highest BCUT2D eigenvalue weighted by atomic mass is 35.5. The van der Waals surface area contributed by atoms with Gasteiger partial charge in [-0.3, -0.25) is 4.98 Å². The topological polar surface area (TPSA) is 106 Å². The molecule has 0 atom stereocenters. The zero-order valence-electron chi connectivity index (χ0n) is 21.6. The van der Waals surface area contributed by atoms with E-state index in [4.69, 9.17) is 16.3 Å². The van der Waals surface area contributed by atoms with E-state index < -0.39 is 15.4 Å². The quantitative estimate of drug-likeness (QED) is 0.397. The van der Waals surface area contributed by atoms with Crippen molar-refractivity contribution in [2.45, 2.75) is 51.9 Å². The lowest BCUT2D eigenvalue weighted by atomic mass is 10.1. The Hall–Kier alpha value is -2.98. The lowest BCUT2D eigenvalue weighted by Crippen LogP contribution is -2.57. The fraction of sp³-hybridized carbons (Fsp3) is 0.462. The number of nitrogens with zero attached hydrogens (tertiary/aromatic N) is 3. The van der Waals surface area contributed by atoms with Crippen LogP contribution in [0.1, 0.15) is 32.9 Å². The van der Waals surface area contributed by atoms with Gasteiger partial charge in [0.15, 0.2) is 0 Å². The zero-order valence-corrected chi connectivity index (χ0v) is 23.2. The van der Waals surface area contributed by atoms with Crippen LogP contribution in [-0.2, 0) is 27.7 Å². The number of aromatic nitrogens is 2. The average molecular weight is 548 g/mol. The van der Waals surface area contributed by atoms with Gasteiger partial charge in [0, 0.05) is 53.7 Å². The monoisotopic (exact) mass is 547 g/mol. The Morgan fingerprint density at radius 3 is 2.65 bits per heavy atom. The van der Waals surface area contributed by atoms with Crippen molar-refractivity contribution >= 4 is 49.8 Å². The molecule has 1 aromatic carbocycles. The minimum atomic E-state index is -3.04. The van der Waals surface area contributed by atoms with Crippen LogP contribution in [0, 0.1) is 0 Å². The molecule has 37 heavy (non-hydrogen) atoms. The molecule has 1 amide bonds. The summed E-state index contributed by atoms with van der Waals surface area (Å²) < 4.78 is 30.9. The van der Waals surface area contributed by atoms with Crippen molar-refractivity contribution in [2.75, 3.05) is 35.7 Å². The van der Waals surface area contributed by atoms with E-state index in [1.807, 2.05) is 45.0 Å². The SMILES string of the molecule is CC(C)(C)OC(=O)N1CC(Nc2ccncc2NCc2cc3cc(Cl)ccc3n2CCCS(C)(=O)=O)C1. The first-order valence-corrected chi connectivity index (χ1v) is 14.7. The summed E-state index contributed by atoms with van der Waals surface area (Å²) in [6, 6.07) is 9.81. The van der Waals surface area contributed by atoms with Crippen LogP contribution in [0.25, 0.3) is 10.9 Å². The van der Waals surface area contributed by atoms with Gasteiger partial charge in [-0.15, -0.1) is 0 Å². The van der Waals surface area contributed by atoms with E-state index in [0.29, 0.717) is 37.6 Å². The second-order valence-corrected chi connectivity index (χ2v) is 13.2. The molecule has 2 aromatic heterocycles. The third-order valence-corrected chi connectivity index (χ3v) is 7.29. The van der Waals surface area contributed by atoms with Crippen molar-refractivity contribution < 1.29 is 17.9 Å². The Morgan fingerprint density at radius 2 is 1.95 bits per heavy atom. The van der Waals surface area contributed by atoms with E-state index in [1.54, 1.807) is 17.3 Å². The van der Waals surface area contributed by atoms with Gasteiger partial charge >= 0.3 is 6.09 Å². The number of halogens is 1. The number of pyridine rings is 1. The molecule has 0 spiro atoms. The van der Waals surface area contributed by atoms with Crippen molar-refractivity contribution in [3.05, 3.63) is 53.4 Å². The van der Waals surface area contributed by atoms with Crippen LogP contribution in [0.5, 0.6) is 0 Å². The van der Waals surface area contributed by atoms with Crippen molar-refractivity contribution in [3.63, 3.8) is 0 Å². The number of fused-ring (bicyclic) bond motifs is 1. The maximum atomic E-state index is 12.2. The molecular weight excluding hydrogens is 514 g/mol. The Kier molecular flexibility index (Phi) is 7.89. The lowest BCUT2D eigenvalue weighted by molar-refractivity contribution is 0.0105. The predicted molar refractivity (Wildman–Crippen MR) is 148 cm³/mol. The summed E-state index contributed by atoms with van der Waals surface area (Å²) in [6.07, 6.45) is 4.97. The van der Waals surface area contributed by atoms with Crippen LogP contribution >= 0.6 is 11.6 Å². The first kappa shape index (κ1) is 27.1. The molecule has 3 heterocycles. The van der Waals surface area contributed by atoms with E-state index in [0.717, 1.165) is 28.0 Å². The molecule has 0 unspecified atom stereocenters. The normalized spacial score (nSPS) is 14.5. The maximum Gasteiger partial charge on any atom is 0.410 e. The fourth-order valence-electron chi connectivity index (χ4n) is 4.31. The number of nitrogens with one attached hydrogen (secondary N) is 2. The first-order valence-electron chi connectivity index (χ1n) is 12.3. The summed E-state index contributed by atoms with van der Waals surface area (Å²) in [5.41, 5.74) is 3.24. The van der Waals surface area contributed by atoms with Gasteiger partial charge < -0.3 is 24.8 Å². The summed E-state index contributed by atoms with van der Waals surface area (Å²) >= 11 is 6.21. The van der Waals surface area contributed by atoms with Crippen LogP contribution in [0.15, 0.2) is 42.7 Å². The van der Waals surface area contributed by atoms with E-state index >= 15 is 0 Å². The number of carbonyl (C=O) groups excluding carboxylic acids is 1. The highest BCUT2D eigenvalue weighted by Gasteiger charge is 2.33. The number of rotatable bonds is 9. The Morgan fingerprint density at radius 1 is 1.19 bits per heavy atom. The molecule has 0 aliphatic carbocycles. The number of hydrogen-bond acceptors (Lipinski definition) is 7. The van der Waals surface area contributed by atoms with Gasteiger partial charge in [0.05, 0.1) is 35.9 Å². The number of aryl methyl sites for hydroxylation is 1. The summed E-state index contributed by atoms with van der Waals surface area (Å²) in [5, 5.41) is 8.61. The molecule has 3 aromatic rings. The Labute approximate surface area is 223 Å². The number of likely N-dealkylation sites (tertiary alicyclic amines) is 1. The highest BCUT2D eigenvalue weighted by molar-refractivity contribution is 7.90.